The molecule has 0 radical (unpaired) electrons. The molecule has 3 heteroatoms. The first kappa shape index (κ1) is 12.6. The molecule has 0 amide bonds. The van der Waals surface area contributed by atoms with E-state index in [1.54, 1.807) is 19.3 Å². The molecule has 5 fully saturated rings. The molecule has 19 heavy (non-hydrogen) atoms. The molecule has 0 spiro atoms. The lowest BCUT2D eigenvalue weighted by Gasteiger charge is -2.57. The average Bonchev–Trinajstić information content (AvgIpc) is 2.38. The van der Waals surface area contributed by atoms with Gasteiger partial charge in [0, 0.05) is 38.8 Å². The Morgan fingerprint density at radius 1 is 0.947 bits per heavy atom. The number of piperazine rings is 1. The summed E-state index contributed by atoms with van der Waals surface area (Å²) >= 11 is 0. The molecule has 5 rings (SSSR count). The number of rotatable bonds is 4. The Hall–Kier alpha value is -0.120. The van der Waals surface area contributed by atoms with Gasteiger partial charge in [-0.15, -0.1) is 0 Å². The van der Waals surface area contributed by atoms with Crippen molar-refractivity contribution in [3.8, 4) is 0 Å². The van der Waals surface area contributed by atoms with Gasteiger partial charge in [-0.2, -0.15) is 0 Å². The first-order valence-electron chi connectivity index (χ1n) is 8.46. The van der Waals surface area contributed by atoms with Crippen LogP contribution in [0.25, 0.3) is 0 Å². The molecule has 4 saturated carbocycles. The highest BCUT2D eigenvalue weighted by atomic mass is 15.1. The third-order valence-corrected chi connectivity index (χ3v) is 6.18. The number of hydrogen-bond donors (Lipinski definition) is 3. The smallest absolute Gasteiger partial charge is 0.0318 e. The normalized spacial score (nSPS) is 48.6. The third-order valence-electron chi connectivity index (χ3n) is 6.18. The minimum Gasteiger partial charge on any atom is -0.315 e. The van der Waals surface area contributed by atoms with E-state index in [-0.39, 0.29) is 0 Å². The highest BCUT2D eigenvalue weighted by Gasteiger charge is 2.50. The Kier molecular flexibility index (Phi) is 3.33. The van der Waals surface area contributed by atoms with Gasteiger partial charge >= 0.3 is 0 Å². The summed E-state index contributed by atoms with van der Waals surface area (Å²) in [5, 5.41) is 10.9. The summed E-state index contributed by atoms with van der Waals surface area (Å²) in [4.78, 5) is 0. The minimum atomic E-state index is 0.641. The Labute approximate surface area is 117 Å². The molecule has 1 saturated heterocycles. The van der Waals surface area contributed by atoms with Crippen molar-refractivity contribution in [2.45, 2.75) is 44.6 Å². The molecular formula is C16H29N3. The lowest BCUT2D eigenvalue weighted by atomic mass is 9.49. The van der Waals surface area contributed by atoms with E-state index in [1.165, 1.54) is 25.8 Å². The Bertz CT molecular complexity index is 287. The Morgan fingerprint density at radius 2 is 1.63 bits per heavy atom. The van der Waals surface area contributed by atoms with Crippen LogP contribution in [0.3, 0.4) is 0 Å². The van der Waals surface area contributed by atoms with Gasteiger partial charge in [0.25, 0.3) is 0 Å². The molecule has 108 valence electrons. The van der Waals surface area contributed by atoms with Crippen LogP contribution in [-0.2, 0) is 0 Å². The summed E-state index contributed by atoms with van der Waals surface area (Å²) in [6.45, 7) is 5.83. The van der Waals surface area contributed by atoms with Crippen molar-refractivity contribution in [2.24, 2.45) is 23.2 Å². The second-order valence-corrected chi connectivity index (χ2v) is 7.90. The van der Waals surface area contributed by atoms with Crippen molar-refractivity contribution in [3.05, 3.63) is 0 Å². The monoisotopic (exact) mass is 263 g/mol. The first-order valence-corrected chi connectivity index (χ1v) is 8.46. The van der Waals surface area contributed by atoms with Crippen molar-refractivity contribution >= 4 is 0 Å². The first-order chi connectivity index (χ1) is 9.31. The van der Waals surface area contributed by atoms with Gasteiger partial charge < -0.3 is 16.0 Å². The van der Waals surface area contributed by atoms with Crippen LogP contribution in [-0.4, -0.2) is 38.8 Å². The van der Waals surface area contributed by atoms with Gasteiger partial charge in [-0.25, -0.2) is 0 Å². The van der Waals surface area contributed by atoms with Gasteiger partial charge in [0.15, 0.2) is 0 Å². The molecule has 3 nitrogen and oxygen atoms in total. The molecule has 0 aromatic heterocycles. The van der Waals surface area contributed by atoms with Gasteiger partial charge in [0.1, 0.15) is 0 Å². The summed E-state index contributed by atoms with van der Waals surface area (Å²) in [5.41, 5.74) is 0.691. The lowest BCUT2D eigenvalue weighted by molar-refractivity contribution is -0.0514. The van der Waals surface area contributed by atoms with E-state index < -0.39 is 0 Å². The van der Waals surface area contributed by atoms with Gasteiger partial charge in [-0.05, 0) is 61.7 Å². The predicted molar refractivity (Wildman–Crippen MR) is 78.1 cm³/mol. The van der Waals surface area contributed by atoms with E-state index >= 15 is 0 Å². The maximum atomic E-state index is 3.81. The van der Waals surface area contributed by atoms with Gasteiger partial charge in [0.2, 0.25) is 0 Å². The van der Waals surface area contributed by atoms with Crippen molar-refractivity contribution in [1.82, 2.24) is 16.0 Å². The summed E-state index contributed by atoms with van der Waals surface area (Å²) in [6.07, 6.45) is 9.28. The van der Waals surface area contributed by atoms with E-state index in [2.05, 4.69) is 16.0 Å². The van der Waals surface area contributed by atoms with Crippen LogP contribution < -0.4 is 16.0 Å². The maximum Gasteiger partial charge on any atom is 0.0318 e. The second kappa shape index (κ2) is 5.01. The van der Waals surface area contributed by atoms with Crippen LogP contribution in [0.5, 0.6) is 0 Å². The highest BCUT2D eigenvalue weighted by molar-refractivity contribution is 5.02. The average molecular weight is 263 g/mol. The molecule has 1 unspecified atom stereocenters. The molecule has 1 aliphatic heterocycles. The molecule has 3 N–H and O–H groups in total. The summed E-state index contributed by atoms with van der Waals surface area (Å²) in [7, 11) is 0. The summed E-state index contributed by atoms with van der Waals surface area (Å²) in [6, 6.07) is 0.641. The van der Waals surface area contributed by atoms with Crippen LogP contribution in [0.1, 0.15) is 38.5 Å². The highest BCUT2D eigenvalue weighted by Crippen LogP contribution is 2.59. The van der Waals surface area contributed by atoms with Gasteiger partial charge in [0.05, 0.1) is 0 Å². The quantitative estimate of drug-likeness (QED) is 0.717. The fourth-order valence-corrected chi connectivity index (χ4v) is 5.88. The molecule has 0 aromatic rings. The number of hydrogen-bond acceptors (Lipinski definition) is 3. The maximum absolute atomic E-state index is 3.81. The van der Waals surface area contributed by atoms with Crippen LogP contribution in [0, 0.1) is 23.2 Å². The van der Waals surface area contributed by atoms with Crippen LogP contribution in [0.15, 0.2) is 0 Å². The predicted octanol–water partition coefficient (Wildman–Crippen LogP) is 1.35. The fourth-order valence-electron chi connectivity index (χ4n) is 5.88. The fraction of sp³-hybridized carbons (Fsp3) is 1.00. The SMILES string of the molecule is C1CNC(CNCC23CC4CC(CC(C4)C2)C3)CN1. The van der Waals surface area contributed by atoms with Crippen molar-refractivity contribution < 1.29 is 0 Å². The van der Waals surface area contributed by atoms with Crippen LogP contribution >= 0.6 is 0 Å². The van der Waals surface area contributed by atoms with Crippen LogP contribution in [0.2, 0.25) is 0 Å². The van der Waals surface area contributed by atoms with E-state index in [9.17, 15) is 0 Å². The minimum absolute atomic E-state index is 0.641. The molecule has 4 aliphatic carbocycles. The number of nitrogens with one attached hydrogen (secondary N) is 3. The molecular weight excluding hydrogens is 234 g/mol. The largest absolute Gasteiger partial charge is 0.315 e. The van der Waals surface area contributed by atoms with E-state index in [0.29, 0.717) is 11.5 Å². The van der Waals surface area contributed by atoms with Crippen molar-refractivity contribution in [1.29, 1.82) is 0 Å². The Morgan fingerprint density at radius 3 is 2.21 bits per heavy atom. The molecule has 4 bridgehead atoms. The van der Waals surface area contributed by atoms with Gasteiger partial charge in [-0.3, -0.25) is 0 Å². The zero-order chi connectivity index (χ0) is 12.7. The standard InChI is InChI=1S/C16H29N3/c1-2-19-15(9-17-1)10-18-11-16-6-12-3-13(7-16)5-14(4-12)8-16/h12-15,17-19H,1-11H2. The van der Waals surface area contributed by atoms with E-state index in [1.807, 2.05) is 0 Å². The molecule has 5 aliphatic rings. The van der Waals surface area contributed by atoms with Crippen molar-refractivity contribution in [2.75, 3.05) is 32.7 Å². The van der Waals surface area contributed by atoms with E-state index in [4.69, 9.17) is 0 Å². The summed E-state index contributed by atoms with van der Waals surface area (Å²) in [5.74, 6) is 3.26. The Balaban J connectivity index is 1.30. The molecule has 1 atom stereocenters. The topological polar surface area (TPSA) is 36.1 Å². The lowest BCUT2D eigenvalue weighted by Crippen LogP contribution is -2.55. The van der Waals surface area contributed by atoms with Crippen LogP contribution in [0.4, 0.5) is 0 Å². The summed E-state index contributed by atoms with van der Waals surface area (Å²) < 4.78 is 0. The van der Waals surface area contributed by atoms with E-state index in [0.717, 1.165) is 43.9 Å². The second-order valence-electron chi connectivity index (χ2n) is 7.90. The van der Waals surface area contributed by atoms with Gasteiger partial charge in [-0.1, -0.05) is 0 Å². The third kappa shape index (κ3) is 2.57. The zero-order valence-electron chi connectivity index (χ0n) is 12.1. The van der Waals surface area contributed by atoms with Crippen molar-refractivity contribution in [3.63, 3.8) is 0 Å². The molecule has 1 heterocycles. The zero-order valence-corrected chi connectivity index (χ0v) is 12.1. The molecule has 0 aromatic carbocycles.